The minimum absolute atomic E-state index is 0.131. The lowest BCUT2D eigenvalue weighted by atomic mass is 9.95. The molecule has 0 saturated heterocycles. The number of carbonyl (C=O) groups excluding carboxylic acids is 2. The van der Waals surface area contributed by atoms with Gasteiger partial charge in [0.05, 0.1) is 6.42 Å². The van der Waals surface area contributed by atoms with E-state index in [1.54, 1.807) is 12.1 Å². The fraction of sp³-hybridized carbons (Fsp3) is 0.333. The predicted octanol–water partition coefficient (Wildman–Crippen LogP) is 5.71. The second kappa shape index (κ2) is 10.2. The highest BCUT2D eigenvalue weighted by Crippen LogP contribution is 2.32. The zero-order valence-corrected chi connectivity index (χ0v) is 18.8. The molecule has 3 aromatic rings. The average Bonchev–Trinajstić information content (AvgIpc) is 3.48. The standard InChI is InChI=1S/C24H25FN2O2S2/c25-17-10-12-19(13-11-17)27(22(28)16-20-8-4-14-30-20)23(21-9-5-15-31-21)24(29)26-18-6-2-1-3-7-18/h4-5,8-15,18,23H,1-3,6-7,16H2,(H,26,29)/t23-/m1/s1. The summed E-state index contributed by atoms with van der Waals surface area (Å²) in [5, 5.41) is 7.02. The summed E-state index contributed by atoms with van der Waals surface area (Å²) in [5.74, 6) is -0.752. The van der Waals surface area contributed by atoms with E-state index in [1.165, 1.54) is 46.1 Å². The summed E-state index contributed by atoms with van der Waals surface area (Å²) in [6, 6.07) is 12.7. The van der Waals surface area contributed by atoms with Gasteiger partial charge in [0.25, 0.3) is 0 Å². The predicted molar refractivity (Wildman–Crippen MR) is 124 cm³/mol. The Balaban J connectivity index is 1.69. The van der Waals surface area contributed by atoms with Crippen molar-refractivity contribution in [1.29, 1.82) is 0 Å². The van der Waals surface area contributed by atoms with Crippen molar-refractivity contribution < 1.29 is 14.0 Å². The molecule has 1 aliphatic carbocycles. The number of nitrogens with zero attached hydrogens (tertiary/aromatic N) is 1. The van der Waals surface area contributed by atoms with E-state index in [-0.39, 0.29) is 30.1 Å². The van der Waals surface area contributed by atoms with E-state index in [1.807, 2.05) is 35.0 Å². The number of hydrogen-bond donors (Lipinski definition) is 1. The van der Waals surface area contributed by atoms with Crippen LogP contribution < -0.4 is 10.2 Å². The van der Waals surface area contributed by atoms with Crippen LogP contribution in [0.15, 0.2) is 59.3 Å². The van der Waals surface area contributed by atoms with Gasteiger partial charge in [0.15, 0.2) is 0 Å². The van der Waals surface area contributed by atoms with Crippen molar-refractivity contribution >= 4 is 40.2 Å². The Morgan fingerprint density at radius 3 is 2.35 bits per heavy atom. The molecular weight excluding hydrogens is 431 g/mol. The van der Waals surface area contributed by atoms with Gasteiger partial charge in [-0.1, -0.05) is 31.4 Å². The molecule has 4 nitrogen and oxygen atoms in total. The number of amides is 2. The van der Waals surface area contributed by atoms with E-state index in [9.17, 15) is 14.0 Å². The quantitative estimate of drug-likeness (QED) is 0.495. The smallest absolute Gasteiger partial charge is 0.248 e. The summed E-state index contributed by atoms with van der Waals surface area (Å²) in [6.45, 7) is 0. The van der Waals surface area contributed by atoms with Crippen LogP contribution in [0.2, 0.25) is 0 Å². The Morgan fingerprint density at radius 2 is 1.71 bits per heavy atom. The van der Waals surface area contributed by atoms with Crippen LogP contribution in [0.25, 0.3) is 0 Å². The molecule has 2 amide bonds. The summed E-state index contributed by atoms with van der Waals surface area (Å²) in [4.78, 5) is 30.3. The highest BCUT2D eigenvalue weighted by atomic mass is 32.1. The van der Waals surface area contributed by atoms with Crippen LogP contribution in [0, 0.1) is 5.82 Å². The highest BCUT2D eigenvalue weighted by molar-refractivity contribution is 7.10. The van der Waals surface area contributed by atoms with Crippen LogP contribution in [0.5, 0.6) is 0 Å². The molecule has 0 unspecified atom stereocenters. The molecule has 0 aliphatic heterocycles. The molecule has 4 rings (SSSR count). The van der Waals surface area contributed by atoms with Crippen LogP contribution >= 0.6 is 22.7 Å². The third kappa shape index (κ3) is 5.40. The largest absolute Gasteiger partial charge is 0.351 e. The Kier molecular flexibility index (Phi) is 7.14. The van der Waals surface area contributed by atoms with E-state index in [2.05, 4.69) is 5.32 Å². The van der Waals surface area contributed by atoms with E-state index in [0.717, 1.165) is 35.4 Å². The molecule has 1 N–H and O–H groups in total. The monoisotopic (exact) mass is 456 g/mol. The van der Waals surface area contributed by atoms with Crippen molar-refractivity contribution in [1.82, 2.24) is 5.32 Å². The molecule has 2 aromatic heterocycles. The van der Waals surface area contributed by atoms with E-state index in [0.29, 0.717) is 5.69 Å². The number of thiophene rings is 2. The Labute approximate surface area is 189 Å². The molecule has 1 atom stereocenters. The number of rotatable bonds is 7. The van der Waals surface area contributed by atoms with E-state index >= 15 is 0 Å². The topological polar surface area (TPSA) is 49.4 Å². The van der Waals surface area contributed by atoms with E-state index < -0.39 is 6.04 Å². The maximum absolute atomic E-state index is 13.6. The second-order valence-electron chi connectivity index (χ2n) is 7.76. The summed E-state index contributed by atoms with van der Waals surface area (Å²) in [6.07, 6.45) is 5.52. The first-order valence-electron chi connectivity index (χ1n) is 10.6. The number of halogens is 1. The Hall–Kier alpha value is -2.51. The third-order valence-electron chi connectivity index (χ3n) is 5.55. The van der Waals surface area contributed by atoms with Gasteiger partial charge in [0.1, 0.15) is 11.9 Å². The van der Waals surface area contributed by atoms with Crippen molar-refractivity contribution in [3.63, 3.8) is 0 Å². The Morgan fingerprint density at radius 1 is 1.00 bits per heavy atom. The summed E-state index contributed by atoms with van der Waals surface area (Å²) in [5.41, 5.74) is 0.514. The molecule has 1 fully saturated rings. The van der Waals surface area contributed by atoms with Crippen molar-refractivity contribution in [2.45, 2.75) is 50.6 Å². The molecule has 1 aliphatic rings. The minimum Gasteiger partial charge on any atom is -0.351 e. The van der Waals surface area contributed by atoms with Gasteiger partial charge in [-0.15, -0.1) is 22.7 Å². The van der Waals surface area contributed by atoms with Crippen LogP contribution in [-0.2, 0) is 16.0 Å². The first-order valence-corrected chi connectivity index (χ1v) is 12.3. The summed E-state index contributed by atoms with van der Waals surface area (Å²) >= 11 is 2.95. The molecule has 0 radical (unpaired) electrons. The first kappa shape index (κ1) is 21.7. The molecule has 0 bridgehead atoms. The van der Waals surface area contributed by atoms with Crippen molar-refractivity contribution in [2.24, 2.45) is 0 Å². The molecule has 1 saturated carbocycles. The normalized spacial score (nSPS) is 15.4. The fourth-order valence-corrected chi connectivity index (χ4v) is 5.54. The molecule has 2 heterocycles. The fourth-order valence-electron chi connectivity index (χ4n) is 4.03. The SMILES string of the molecule is O=C(NC1CCCCC1)[C@@H](c1cccs1)N(C(=O)Cc1cccs1)c1ccc(F)cc1. The van der Waals surface area contributed by atoms with Gasteiger partial charge in [0.2, 0.25) is 11.8 Å². The van der Waals surface area contributed by atoms with Crippen LogP contribution in [0.4, 0.5) is 10.1 Å². The summed E-state index contributed by atoms with van der Waals surface area (Å²) < 4.78 is 13.6. The molecule has 0 spiro atoms. The second-order valence-corrected chi connectivity index (χ2v) is 9.77. The maximum atomic E-state index is 13.6. The highest BCUT2D eigenvalue weighted by Gasteiger charge is 2.34. The number of hydrogen-bond acceptors (Lipinski definition) is 4. The van der Waals surface area contributed by atoms with Gasteiger partial charge in [-0.05, 0) is 60.0 Å². The van der Waals surface area contributed by atoms with Crippen molar-refractivity contribution in [3.05, 3.63) is 74.9 Å². The zero-order valence-electron chi connectivity index (χ0n) is 17.1. The van der Waals surface area contributed by atoms with Crippen molar-refractivity contribution in [2.75, 3.05) is 4.90 Å². The number of benzene rings is 1. The van der Waals surface area contributed by atoms with Crippen LogP contribution in [0.1, 0.15) is 47.9 Å². The molecule has 31 heavy (non-hydrogen) atoms. The zero-order chi connectivity index (χ0) is 21.6. The number of anilines is 1. The van der Waals surface area contributed by atoms with Gasteiger partial charge >= 0.3 is 0 Å². The van der Waals surface area contributed by atoms with Gasteiger partial charge in [-0.2, -0.15) is 0 Å². The van der Waals surface area contributed by atoms with Gasteiger partial charge in [-0.3, -0.25) is 14.5 Å². The van der Waals surface area contributed by atoms with Crippen LogP contribution in [-0.4, -0.2) is 17.9 Å². The van der Waals surface area contributed by atoms with Gasteiger partial charge < -0.3 is 5.32 Å². The minimum atomic E-state index is -0.792. The lowest BCUT2D eigenvalue weighted by Gasteiger charge is -2.32. The average molecular weight is 457 g/mol. The van der Waals surface area contributed by atoms with Crippen LogP contribution in [0.3, 0.4) is 0 Å². The third-order valence-corrected chi connectivity index (χ3v) is 7.35. The molecular formula is C24H25FN2O2S2. The van der Waals surface area contributed by atoms with Gasteiger partial charge in [-0.25, -0.2) is 4.39 Å². The number of nitrogens with one attached hydrogen (secondary N) is 1. The first-order chi connectivity index (χ1) is 15.1. The lowest BCUT2D eigenvalue weighted by Crippen LogP contribution is -2.47. The number of carbonyl (C=O) groups is 2. The van der Waals surface area contributed by atoms with Gasteiger partial charge in [0, 0.05) is 21.5 Å². The van der Waals surface area contributed by atoms with E-state index in [4.69, 9.17) is 0 Å². The molecule has 7 heteroatoms. The molecule has 162 valence electrons. The Bertz CT molecular complexity index is 981. The summed E-state index contributed by atoms with van der Waals surface area (Å²) in [7, 11) is 0. The molecule has 1 aromatic carbocycles. The maximum Gasteiger partial charge on any atom is 0.248 e. The lowest BCUT2D eigenvalue weighted by molar-refractivity contribution is -0.127. The van der Waals surface area contributed by atoms with Crippen molar-refractivity contribution in [3.8, 4) is 0 Å².